The van der Waals surface area contributed by atoms with Gasteiger partial charge in [0.15, 0.2) is 10.2 Å². The number of hydrogen-bond acceptors (Lipinski definition) is 6. The van der Waals surface area contributed by atoms with Crippen molar-refractivity contribution in [3.05, 3.63) is 0 Å². The predicted molar refractivity (Wildman–Crippen MR) is 117 cm³/mol. The molecule has 0 spiro atoms. The number of hydrogen-bond donors (Lipinski definition) is 5. The van der Waals surface area contributed by atoms with Crippen molar-refractivity contribution in [2.24, 2.45) is 31.8 Å². The number of hydrazone groups is 3. The Morgan fingerprint density at radius 1 is 0.680 bits per heavy atom. The quantitative estimate of drug-likeness (QED) is 0.241. The van der Waals surface area contributed by atoms with Gasteiger partial charge in [-0.15, -0.1) is 0 Å². The number of nitrogens with zero attached hydrogens (tertiary/aromatic N) is 4. The molecule has 0 radical (unpaired) electrons. The van der Waals surface area contributed by atoms with E-state index in [1.165, 1.54) is 0 Å². The van der Waals surface area contributed by atoms with Crippen LogP contribution in [0.4, 0.5) is 0 Å². The van der Waals surface area contributed by atoms with Crippen molar-refractivity contribution < 1.29 is 0 Å². The highest BCUT2D eigenvalue weighted by Gasteiger charge is 2.00. The van der Waals surface area contributed by atoms with Crippen molar-refractivity contribution in [2.45, 2.75) is 40.5 Å². The molecule has 7 N–H and O–H groups in total. The molecule has 0 saturated heterocycles. The van der Waals surface area contributed by atoms with Crippen LogP contribution in [0.5, 0.6) is 0 Å². The Labute approximate surface area is 163 Å². The third-order valence-electron chi connectivity index (χ3n) is 2.37. The van der Waals surface area contributed by atoms with Gasteiger partial charge in [-0.25, -0.2) is 4.99 Å². The minimum absolute atomic E-state index is 0.110. The average molecular weight is 402 g/mol. The zero-order chi connectivity index (χ0) is 19.4. The van der Waals surface area contributed by atoms with Crippen molar-refractivity contribution >= 4 is 74.8 Å². The lowest BCUT2D eigenvalue weighted by Gasteiger charge is -2.04. The highest BCUT2D eigenvalue weighted by molar-refractivity contribution is 7.80. The summed E-state index contributed by atoms with van der Waals surface area (Å²) in [4.78, 5) is 4.24. The molecule has 0 aromatic heterocycles. The highest BCUT2D eigenvalue weighted by atomic mass is 32.1. The first-order valence-electron chi connectivity index (χ1n) is 7.14. The lowest BCUT2D eigenvalue weighted by Crippen LogP contribution is -2.25. The highest BCUT2D eigenvalue weighted by Crippen LogP contribution is 1.93. The minimum Gasteiger partial charge on any atom is -0.375 e. The Balaban J connectivity index is 4.52. The molecule has 0 saturated carbocycles. The van der Waals surface area contributed by atoms with Gasteiger partial charge in [-0.2, -0.15) is 15.3 Å². The summed E-state index contributed by atoms with van der Waals surface area (Å²) in [6.45, 7) is 7.33. The van der Waals surface area contributed by atoms with E-state index in [4.69, 9.17) is 23.7 Å². The van der Waals surface area contributed by atoms with Crippen LogP contribution in [-0.2, 0) is 0 Å². The second kappa shape index (κ2) is 12.3. The maximum Gasteiger partial charge on any atom is 0.213 e. The molecular formula is C13H23N9S3. The molecule has 9 nitrogen and oxygen atoms in total. The molecular weight excluding hydrogens is 378 g/mol. The Bertz CT molecular complexity index is 635. The van der Waals surface area contributed by atoms with Gasteiger partial charge in [-0.3, -0.25) is 16.3 Å². The van der Waals surface area contributed by atoms with Crippen LogP contribution in [0.2, 0.25) is 0 Å². The first-order chi connectivity index (χ1) is 11.6. The van der Waals surface area contributed by atoms with Gasteiger partial charge >= 0.3 is 0 Å². The summed E-state index contributed by atoms with van der Waals surface area (Å²) >= 11 is 14.5. The molecule has 0 atom stereocenters. The molecule has 12 heteroatoms. The predicted octanol–water partition coefficient (Wildman–Crippen LogP) is 0.896. The van der Waals surface area contributed by atoms with E-state index in [1.807, 2.05) is 27.7 Å². The molecule has 0 aliphatic rings. The summed E-state index contributed by atoms with van der Waals surface area (Å²) in [5.74, 6) is 0. The van der Waals surface area contributed by atoms with Gasteiger partial charge in [0.1, 0.15) is 0 Å². The van der Waals surface area contributed by atoms with Crippen LogP contribution in [0.25, 0.3) is 0 Å². The van der Waals surface area contributed by atoms with Crippen LogP contribution in [0.1, 0.15) is 40.5 Å². The lowest BCUT2D eigenvalue weighted by atomic mass is 10.2. The third-order valence-corrected chi connectivity index (χ3v) is 2.74. The maximum absolute atomic E-state index is 5.30. The first kappa shape index (κ1) is 22.9. The SMILES string of the molecule is CC(C/C(C)=N/NC(N)=S)=NC(=S)N/N=C(\C)C/C(C)=N/NC(N)=S. The maximum atomic E-state index is 5.30. The molecule has 0 heterocycles. The normalized spacial score (nSPS) is 13.3. The van der Waals surface area contributed by atoms with Gasteiger partial charge in [-0.05, 0) is 64.3 Å². The van der Waals surface area contributed by atoms with E-state index >= 15 is 0 Å². The summed E-state index contributed by atoms with van der Waals surface area (Å²) in [5.41, 5.74) is 21.5. The molecule has 0 unspecified atom stereocenters. The van der Waals surface area contributed by atoms with Gasteiger partial charge in [0, 0.05) is 35.7 Å². The summed E-state index contributed by atoms with van der Waals surface area (Å²) < 4.78 is 0. The zero-order valence-electron chi connectivity index (χ0n) is 14.6. The van der Waals surface area contributed by atoms with E-state index in [2.05, 4.69) is 61.0 Å². The molecule has 0 bridgehead atoms. The Kier molecular flexibility index (Phi) is 11.3. The molecule has 0 aromatic carbocycles. The topological polar surface area (TPSA) is 138 Å². The van der Waals surface area contributed by atoms with Crippen molar-refractivity contribution in [2.75, 3.05) is 0 Å². The van der Waals surface area contributed by atoms with Crippen LogP contribution < -0.4 is 27.7 Å². The fraction of sp³-hybridized carbons (Fsp3) is 0.462. The molecule has 0 fully saturated rings. The van der Waals surface area contributed by atoms with E-state index in [0.717, 1.165) is 22.8 Å². The Morgan fingerprint density at radius 2 is 1.04 bits per heavy atom. The van der Waals surface area contributed by atoms with Crippen molar-refractivity contribution in [3.8, 4) is 0 Å². The van der Waals surface area contributed by atoms with Crippen LogP contribution in [0.15, 0.2) is 20.3 Å². The number of rotatable bonds is 7. The number of aliphatic imine (C=N–C) groups is 1. The molecule has 0 rings (SSSR count). The van der Waals surface area contributed by atoms with Crippen molar-refractivity contribution in [1.82, 2.24) is 16.3 Å². The molecule has 0 aromatic rings. The fourth-order valence-corrected chi connectivity index (χ4v) is 1.83. The van der Waals surface area contributed by atoms with Gasteiger partial charge in [0.25, 0.3) is 0 Å². The number of nitrogens with two attached hydrogens (primary N) is 2. The van der Waals surface area contributed by atoms with Gasteiger partial charge in [-0.1, -0.05) is 0 Å². The standard InChI is InChI=1S/C13H23N9S3/c1-7(5-8(2)17-20-11(14)23)16-13(25)22-19-10(4)6-9(3)18-21-12(15)24/h5-6H2,1-4H3,(H,22,25)(H3,14,20,23)(H3,15,21,24)/b16-7?,17-8+,18-9+,19-10+. The van der Waals surface area contributed by atoms with Crippen LogP contribution in [-0.4, -0.2) is 38.2 Å². The van der Waals surface area contributed by atoms with Gasteiger partial charge in [0.2, 0.25) is 5.11 Å². The third kappa shape index (κ3) is 14.0. The van der Waals surface area contributed by atoms with E-state index < -0.39 is 0 Å². The molecule has 0 amide bonds. The van der Waals surface area contributed by atoms with Gasteiger partial charge < -0.3 is 11.5 Å². The van der Waals surface area contributed by atoms with E-state index in [0.29, 0.717) is 12.8 Å². The van der Waals surface area contributed by atoms with Crippen LogP contribution in [0.3, 0.4) is 0 Å². The summed E-state index contributed by atoms with van der Waals surface area (Å²) in [7, 11) is 0. The largest absolute Gasteiger partial charge is 0.375 e. The van der Waals surface area contributed by atoms with Crippen molar-refractivity contribution in [3.63, 3.8) is 0 Å². The Hall–Kier alpha value is -2.05. The molecule has 25 heavy (non-hydrogen) atoms. The second-order valence-electron chi connectivity index (χ2n) is 5.11. The summed E-state index contributed by atoms with van der Waals surface area (Å²) in [5, 5.41) is 12.6. The minimum atomic E-state index is 0.110. The average Bonchev–Trinajstić information content (AvgIpc) is 2.48. The van der Waals surface area contributed by atoms with E-state index in [1.54, 1.807) is 0 Å². The second-order valence-corrected chi connectivity index (χ2v) is 6.38. The monoisotopic (exact) mass is 401 g/mol. The molecule has 138 valence electrons. The van der Waals surface area contributed by atoms with E-state index in [9.17, 15) is 0 Å². The summed E-state index contributed by atoms with van der Waals surface area (Å²) in [6, 6.07) is 0. The summed E-state index contributed by atoms with van der Waals surface area (Å²) in [6.07, 6.45) is 1.06. The van der Waals surface area contributed by atoms with Gasteiger partial charge in [0.05, 0.1) is 0 Å². The number of thiocarbonyl (C=S) groups is 3. The van der Waals surface area contributed by atoms with Crippen LogP contribution >= 0.6 is 36.7 Å². The Morgan fingerprint density at radius 3 is 1.44 bits per heavy atom. The fourth-order valence-electron chi connectivity index (χ4n) is 1.54. The smallest absolute Gasteiger partial charge is 0.213 e. The molecule has 0 aliphatic heterocycles. The first-order valence-corrected chi connectivity index (χ1v) is 8.37. The van der Waals surface area contributed by atoms with Crippen molar-refractivity contribution in [1.29, 1.82) is 0 Å². The zero-order valence-corrected chi connectivity index (χ0v) is 17.0. The van der Waals surface area contributed by atoms with E-state index in [-0.39, 0.29) is 15.3 Å². The molecule has 0 aliphatic carbocycles. The van der Waals surface area contributed by atoms with Crippen LogP contribution in [0, 0.1) is 0 Å². The lowest BCUT2D eigenvalue weighted by molar-refractivity contribution is 1.00. The number of nitrogens with one attached hydrogen (secondary N) is 3.